The van der Waals surface area contributed by atoms with Crippen LogP contribution in [0.4, 0.5) is 5.69 Å². The van der Waals surface area contributed by atoms with Gasteiger partial charge >= 0.3 is 0 Å². The summed E-state index contributed by atoms with van der Waals surface area (Å²) in [6, 6.07) is 33.0. The molecule has 0 radical (unpaired) electrons. The highest BCUT2D eigenvalue weighted by atomic mass is 16.5. The predicted molar refractivity (Wildman–Crippen MR) is 109 cm³/mol. The first-order chi connectivity index (χ1) is 13.3. The van der Waals surface area contributed by atoms with Crippen LogP contribution in [0, 0.1) is 0 Å². The highest BCUT2D eigenvalue weighted by molar-refractivity contribution is 5.79. The summed E-state index contributed by atoms with van der Waals surface area (Å²) >= 11 is 0. The van der Waals surface area contributed by atoms with E-state index >= 15 is 0 Å². The van der Waals surface area contributed by atoms with E-state index in [1.54, 1.807) is 0 Å². The minimum Gasteiger partial charge on any atom is -0.453 e. The molecule has 0 unspecified atom stereocenters. The van der Waals surface area contributed by atoms with Crippen molar-refractivity contribution in [3.05, 3.63) is 103 Å². The van der Waals surface area contributed by atoms with Gasteiger partial charge in [0.05, 0.1) is 5.69 Å². The second-order valence-electron chi connectivity index (χ2n) is 6.06. The van der Waals surface area contributed by atoms with Crippen molar-refractivity contribution >= 4 is 5.69 Å². The lowest BCUT2D eigenvalue weighted by molar-refractivity contribution is 0.422. The van der Waals surface area contributed by atoms with Gasteiger partial charge in [-0.1, -0.05) is 66.7 Å². The van der Waals surface area contributed by atoms with E-state index in [-0.39, 0.29) is 0 Å². The van der Waals surface area contributed by atoms with Crippen molar-refractivity contribution in [2.24, 2.45) is 0 Å². The van der Waals surface area contributed by atoms with Crippen LogP contribution in [0.2, 0.25) is 0 Å². The van der Waals surface area contributed by atoms with E-state index < -0.39 is 0 Å². The lowest BCUT2D eigenvalue weighted by atomic mass is 10.0. The molecule has 0 aliphatic carbocycles. The lowest BCUT2D eigenvalue weighted by Crippen LogP contribution is -1.98. The first-order valence-electron chi connectivity index (χ1n) is 8.75. The molecule has 0 saturated heterocycles. The van der Waals surface area contributed by atoms with Crippen molar-refractivity contribution < 1.29 is 9.47 Å². The minimum atomic E-state index is 0.506. The molecule has 0 spiro atoms. The molecule has 0 aliphatic rings. The molecule has 0 amide bonds. The highest BCUT2D eigenvalue weighted by Crippen LogP contribution is 2.46. The monoisotopic (exact) mass is 353 g/mol. The second kappa shape index (κ2) is 7.67. The van der Waals surface area contributed by atoms with Crippen LogP contribution in [-0.2, 0) is 0 Å². The smallest absolute Gasteiger partial charge is 0.193 e. The summed E-state index contributed by atoms with van der Waals surface area (Å²) in [6.45, 7) is 0. The zero-order valence-corrected chi connectivity index (χ0v) is 14.7. The van der Waals surface area contributed by atoms with Gasteiger partial charge in [-0.25, -0.2) is 0 Å². The number of rotatable bonds is 5. The fourth-order valence-electron chi connectivity index (χ4n) is 2.84. The minimum absolute atomic E-state index is 0.506. The first kappa shape index (κ1) is 16.7. The quantitative estimate of drug-likeness (QED) is 0.415. The Hall–Kier alpha value is -3.72. The van der Waals surface area contributed by atoms with Crippen LogP contribution in [0.15, 0.2) is 103 Å². The number of nitrogens with two attached hydrogens (primary N) is 1. The molecule has 3 heteroatoms. The summed E-state index contributed by atoms with van der Waals surface area (Å²) in [5, 5.41) is 0. The number of anilines is 1. The number of hydrogen-bond donors (Lipinski definition) is 1. The maximum atomic E-state index is 6.26. The van der Waals surface area contributed by atoms with E-state index in [9.17, 15) is 0 Å². The Morgan fingerprint density at radius 3 is 1.52 bits per heavy atom. The van der Waals surface area contributed by atoms with Gasteiger partial charge in [-0.05, 0) is 42.0 Å². The van der Waals surface area contributed by atoms with Crippen LogP contribution < -0.4 is 15.2 Å². The molecule has 0 saturated carbocycles. The third kappa shape index (κ3) is 3.77. The van der Waals surface area contributed by atoms with E-state index in [4.69, 9.17) is 15.2 Å². The molecule has 27 heavy (non-hydrogen) atoms. The average Bonchev–Trinajstić information content (AvgIpc) is 2.73. The molecule has 0 fully saturated rings. The average molecular weight is 353 g/mol. The molecule has 0 heterocycles. The van der Waals surface area contributed by atoms with Crippen molar-refractivity contribution in [3.8, 4) is 34.1 Å². The third-order valence-electron chi connectivity index (χ3n) is 4.15. The standard InChI is InChI=1S/C24H19NO2/c25-22-17-16-21(18-10-4-1-5-11-18)23(26-19-12-6-2-7-13-19)24(22)27-20-14-8-3-9-15-20/h1-17H,25H2. The van der Waals surface area contributed by atoms with Gasteiger partial charge in [-0.15, -0.1) is 0 Å². The van der Waals surface area contributed by atoms with Crippen molar-refractivity contribution in [1.82, 2.24) is 0 Å². The molecule has 0 aromatic heterocycles. The fourth-order valence-corrected chi connectivity index (χ4v) is 2.84. The predicted octanol–water partition coefficient (Wildman–Crippen LogP) is 6.52. The van der Waals surface area contributed by atoms with Gasteiger partial charge in [-0.2, -0.15) is 0 Å². The summed E-state index contributed by atoms with van der Waals surface area (Å²) in [7, 11) is 0. The first-order valence-corrected chi connectivity index (χ1v) is 8.75. The van der Waals surface area contributed by atoms with E-state index in [1.807, 2.05) is 103 Å². The second-order valence-corrected chi connectivity index (χ2v) is 6.06. The summed E-state index contributed by atoms with van der Waals surface area (Å²) in [4.78, 5) is 0. The lowest BCUT2D eigenvalue weighted by Gasteiger charge is -2.18. The van der Waals surface area contributed by atoms with Gasteiger partial charge in [0.15, 0.2) is 11.5 Å². The summed E-state index contributed by atoms with van der Waals surface area (Å²) < 4.78 is 12.4. The van der Waals surface area contributed by atoms with Gasteiger partial charge in [-0.3, -0.25) is 0 Å². The summed E-state index contributed by atoms with van der Waals surface area (Å²) in [6.07, 6.45) is 0. The Balaban J connectivity index is 1.85. The van der Waals surface area contributed by atoms with E-state index in [0.717, 1.165) is 16.9 Å². The van der Waals surface area contributed by atoms with Crippen molar-refractivity contribution in [2.75, 3.05) is 5.73 Å². The number of nitrogen functional groups attached to an aromatic ring is 1. The molecule has 2 N–H and O–H groups in total. The number of benzene rings is 4. The molecule has 0 atom stereocenters. The Labute approximate surface area is 158 Å². The maximum absolute atomic E-state index is 6.26. The van der Waals surface area contributed by atoms with Crippen LogP contribution >= 0.6 is 0 Å². The SMILES string of the molecule is Nc1ccc(-c2ccccc2)c(Oc2ccccc2)c1Oc1ccccc1. The molecule has 4 rings (SSSR count). The maximum Gasteiger partial charge on any atom is 0.193 e. The fraction of sp³-hybridized carbons (Fsp3) is 0. The largest absolute Gasteiger partial charge is 0.453 e. The zero-order valence-electron chi connectivity index (χ0n) is 14.7. The van der Waals surface area contributed by atoms with Crippen molar-refractivity contribution in [2.45, 2.75) is 0 Å². The molecular formula is C24H19NO2. The molecule has 0 bridgehead atoms. The normalized spacial score (nSPS) is 10.4. The van der Waals surface area contributed by atoms with E-state index in [1.165, 1.54) is 0 Å². The van der Waals surface area contributed by atoms with Gasteiger partial charge < -0.3 is 15.2 Å². The molecule has 3 nitrogen and oxygen atoms in total. The number of hydrogen-bond acceptors (Lipinski definition) is 3. The molecule has 4 aromatic rings. The van der Waals surface area contributed by atoms with Crippen LogP contribution in [-0.4, -0.2) is 0 Å². The van der Waals surface area contributed by atoms with Gasteiger partial charge in [0.25, 0.3) is 0 Å². The van der Waals surface area contributed by atoms with Crippen LogP contribution in [0.1, 0.15) is 0 Å². The Morgan fingerprint density at radius 1 is 0.481 bits per heavy atom. The van der Waals surface area contributed by atoms with Crippen molar-refractivity contribution in [3.63, 3.8) is 0 Å². The highest BCUT2D eigenvalue weighted by Gasteiger charge is 2.18. The summed E-state index contributed by atoms with van der Waals surface area (Å²) in [5.74, 6) is 2.52. The number of ether oxygens (including phenoxy) is 2. The Morgan fingerprint density at radius 2 is 0.963 bits per heavy atom. The molecule has 0 aliphatic heterocycles. The Kier molecular flexibility index (Phi) is 4.75. The summed E-state index contributed by atoms with van der Waals surface area (Å²) in [5.41, 5.74) is 8.73. The Bertz CT molecular complexity index is 1020. The molecule has 4 aromatic carbocycles. The molecular weight excluding hydrogens is 334 g/mol. The van der Waals surface area contributed by atoms with Crippen LogP contribution in [0.5, 0.6) is 23.0 Å². The van der Waals surface area contributed by atoms with Gasteiger partial charge in [0.2, 0.25) is 0 Å². The van der Waals surface area contributed by atoms with Crippen LogP contribution in [0.25, 0.3) is 11.1 Å². The van der Waals surface area contributed by atoms with E-state index in [2.05, 4.69) is 0 Å². The third-order valence-corrected chi connectivity index (χ3v) is 4.15. The van der Waals surface area contributed by atoms with E-state index in [0.29, 0.717) is 22.9 Å². The zero-order chi connectivity index (χ0) is 18.5. The molecule has 132 valence electrons. The van der Waals surface area contributed by atoms with Crippen LogP contribution in [0.3, 0.4) is 0 Å². The van der Waals surface area contributed by atoms with Crippen molar-refractivity contribution in [1.29, 1.82) is 0 Å². The van der Waals surface area contributed by atoms with Gasteiger partial charge in [0, 0.05) is 5.56 Å². The van der Waals surface area contributed by atoms with Gasteiger partial charge in [0.1, 0.15) is 11.5 Å². The topological polar surface area (TPSA) is 44.5 Å². The number of para-hydroxylation sites is 2.